The van der Waals surface area contributed by atoms with Crippen LogP contribution in [0.1, 0.15) is 6.42 Å². The third-order valence-electron chi connectivity index (χ3n) is 0.748. The number of thiol groups is 1. The molecule has 0 saturated heterocycles. The number of hydrogen-bond acceptors (Lipinski definition) is 3. The lowest BCUT2D eigenvalue weighted by Gasteiger charge is -1.95. The Labute approximate surface area is 66.7 Å². The first kappa shape index (κ1) is 9.56. The smallest absolute Gasteiger partial charge is 0.330 e. The maximum Gasteiger partial charge on any atom is 0.330 e. The van der Waals surface area contributed by atoms with Crippen LogP contribution in [0.3, 0.4) is 0 Å². The quantitative estimate of drug-likeness (QED) is 0.379. The first-order valence-corrected chi connectivity index (χ1v) is 3.68. The van der Waals surface area contributed by atoms with Crippen LogP contribution < -0.4 is 0 Å². The van der Waals surface area contributed by atoms with E-state index in [1.165, 1.54) is 6.08 Å². The van der Waals surface area contributed by atoms with E-state index in [1.54, 1.807) is 6.08 Å². The topological polar surface area (TPSA) is 26.3 Å². The van der Waals surface area contributed by atoms with Crippen molar-refractivity contribution in [2.45, 2.75) is 6.42 Å². The van der Waals surface area contributed by atoms with Crippen molar-refractivity contribution in [3.63, 3.8) is 0 Å². The van der Waals surface area contributed by atoms with Crippen molar-refractivity contribution in [2.75, 3.05) is 12.4 Å². The molecule has 0 spiro atoms. The predicted molar refractivity (Wildman–Crippen MR) is 43.9 cm³/mol. The highest BCUT2D eigenvalue weighted by Crippen LogP contribution is 1.85. The fourth-order valence-electron chi connectivity index (χ4n) is 0.370. The summed E-state index contributed by atoms with van der Waals surface area (Å²) in [6.07, 6.45) is 3.61. The van der Waals surface area contributed by atoms with Gasteiger partial charge in [0.15, 0.2) is 0 Å². The molecule has 0 aliphatic rings. The standard InChI is InChI=1S/C7H11O2S/c1-2-5-9-7(8)4-3-6-10/h3-4,10H,1-2,5-6H2. The zero-order valence-corrected chi connectivity index (χ0v) is 6.64. The molecular formula is C7H11O2S. The molecule has 0 atom stereocenters. The Bertz CT molecular complexity index is 121. The van der Waals surface area contributed by atoms with Crippen molar-refractivity contribution in [3.8, 4) is 0 Å². The summed E-state index contributed by atoms with van der Waals surface area (Å²) in [5, 5.41) is 0. The van der Waals surface area contributed by atoms with E-state index in [1.807, 2.05) is 0 Å². The number of carbonyl (C=O) groups excluding carboxylic acids is 1. The van der Waals surface area contributed by atoms with Crippen molar-refractivity contribution in [3.05, 3.63) is 19.1 Å². The second-order valence-electron chi connectivity index (χ2n) is 1.61. The monoisotopic (exact) mass is 159 g/mol. The third-order valence-corrected chi connectivity index (χ3v) is 0.959. The molecule has 2 nitrogen and oxygen atoms in total. The van der Waals surface area contributed by atoms with Crippen molar-refractivity contribution in [1.82, 2.24) is 0 Å². The predicted octanol–water partition coefficient (Wildman–Crippen LogP) is 1.24. The van der Waals surface area contributed by atoms with Gasteiger partial charge in [-0.15, -0.1) is 0 Å². The molecule has 0 N–H and O–H groups in total. The van der Waals surface area contributed by atoms with Gasteiger partial charge in [0.1, 0.15) is 0 Å². The molecular weight excluding hydrogens is 148 g/mol. The van der Waals surface area contributed by atoms with E-state index in [0.29, 0.717) is 18.8 Å². The van der Waals surface area contributed by atoms with Crippen LogP contribution in [0.25, 0.3) is 0 Å². The first-order valence-electron chi connectivity index (χ1n) is 3.04. The molecule has 0 fully saturated rings. The number of rotatable bonds is 4. The van der Waals surface area contributed by atoms with Gasteiger partial charge in [-0.25, -0.2) is 4.79 Å². The van der Waals surface area contributed by atoms with Gasteiger partial charge in [-0.05, 0) is 13.3 Å². The minimum Gasteiger partial charge on any atom is -0.463 e. The SMILES string of the molecule is [CH2]CCOC(=O)C=CCS. The van der Waals surface area contributed by atoms with E-state index in [-0.39, 0.29) is 5.97 Å². The van der Waals surface area contributed by atoms with E-state index >= 15 is 0 Å². The van der Waals surface area contributed by atoms with Crippen LogP contribution in [0.15, 0.2) is 12.2 Å². The average Bonchev–Trinajstić information content (AvgIpc) is 1.97. The second-order valence-corrected chi connectivity index (χ2v) is 1.97. The molecule has 0 aromatic rings. The summed E-state index contributed by atoms with van der Waals surface area (Å²) in [6, 6.07) is 0. The molecule has 0 heterocycles. The Morgan fingerprint density at radius 1 is 1.70 bits per heavy atom. The molecule has 0 saturated carbocycles. The molecule has 0 aliphatic heterocycles. The summed E-state index contributed by atoms with van der Waals surface area (Å²) in [5.41, 5.74) is 0. The Hall–Kier alpha value is -0.440. The summed E-state index contributed by atoms with van der Waals surface area (Å²) < 4.78 is 4.67. The van der Waals surface area contributed by atoms with E-state index < -0.39 is 0 Å². The minimum atomic E-state index is -0.322. The van der Waals surface area contributed by atoms with E-state index in [9.17, 15) is 4.79 Å². The molecule has 3 heteroatoms. The van der Waals surface area contributed by atoms with Gasteiger partial charge in [0.25, 0.3) is 0 Å². The van der Waals surface area contributed by atoms with Gasteiger partial charge < -0.3 is 4.74 Å². The van der Waals surface area contributed by atoms with Gasteiger partial charge in [-0.1, -0.05) is 6.08 Å². The van der Waals surface area contributed by atoms with Crippen LogP contribution in [0.4, 0.5) is 0 Å². The van der Waals surface area contributed by atoms with E-state index in [2.05, 4.69) is 24.3 Å². The highest BCUT2D eigenvalue weighted by molar-refractivity contribution is 7.80. The number of ether oxygens (including phenoxy) is 1. The van der Waals surface area contributed by atoms with Gasteiger partial charge in [0.05, 0.1) is 6.61 Å². The van der Waals surface area contributed by atoms with Crippen molar-refractivity contribution in [2.24, 2.45) is 0 Å². The zero-order valence-electron chi connectivity index (χ0n) is 5.75. The normalized spacial score (nSPS) is 10.2. The average molecular weight is 159 g/mol. The summed E-state index contributed by atoms with van der Waals surface area (Å²) in [7, 11) is 0. The van der Waals surface area contributed by atoms with Crippen LogP contribution in [-0.2, 0) is 9.53 Å². The molecule has 0 bridgehead atoms. The molecule has 0 unspecified atom stereocenters. The lowest BCUT2D eigenvalue weighted by Crippen LogP contribution is -2.00. The van der Waals surface area contributed by atoms with Gasteiger partial charge >= 0.3 is 5.97 Å². The van der Waals surface area contributed by atoms with Crippen LogP contribution in [-0.4, -0.2) is 18.3 Å². The van der Waals surface area contributed by atoms with Crippen molar-refractivity contribution >= 4 is 18.6 Å². The van der Waals surface area contributed by atoms with Crippen molar-refractivity contribution in [1.29, 1.82) is 0 Å². The molecule has 0 aliphatic carbocycles. The largest absolute Gasteiger partial charge is 0.463 e. The Kier molecular flexibility index (Phi) is 6.38. The lowest BCUT2D eigenvalue weighted by atomic mass is 10.5. The molecule has 0 aromatic heterocycles. The summed E-state index contributed by atoms with van der Waals surface area (Å²) in [6.45, 7) is 3.91. The van der Waals surface area contributed by atoms with Gasteiger partial charge in [-0.2, -0.15) is 12.6 Å². The fraction of sp³-hybridized carbons (Fsp3) is 0.429. The molecule has 10 heavy (non-hydrogen) atoms. The number of esters is 1. The zero-order chi connectivity index (χ0) is 7.82. The Morgan fingerprint density at radius 3 is 2.90 bits per heavy atom. The highest BCUT2D eigenvalue weighted by atomic mass is 32.1. The van der Waals surface area contributed by atoms with Crippen LogP contribution in [0, 0.1) is 6.92 Å². The van der Waals surface area contributed by atoms with Gasteiger partial charge in [0, 0.05) is 11.8 Å². The second kappa shape index (κ2) is 6.68. The van der Waals surface area contributed by atoms with Gasteiger partial charge in [0.2, 0.25) is 0 Å². The van der Waals surface area contributed by atoms with Crippen LogP contribution in [0.2, 0.25) is 0 Å². The van der Waals surface area contributed by atoms with Crippen LogP contribution in [0.5, 0.6) is 0 Å². The maximum atomic E-state index is 10.6. The number of carbonyl (C=O) groups is 1. The molecule has 57 valence electrons. The molecule has 1 radical (unpaired) electrons. The summed E-state index contributed by atoms with van der Waals surface area (Å²) in [4.78, 5) is 10.6. The molecule has 0 aromatic carbocycles. The van der Waals surface area contributed by atoms with Crippen molar-refractivity contribution < 1.29 is 9.53 Å². The lowest BCUT2D eigenvalue weighted by molar-refractivity contribution is -0.137. The highest BCUT2D eigenvalue weighted by Gasteiger charge is 1.91. The number of hydrogen-bond donors (Lipinski definition) is 1. The summed E-state index contributed by atoms with van der Waals surface area (Å²) >= 11 is 3.88. The Balaban J connectivity index is 3.34. The van der Waals surface area contributed by atoms with Gasteiger partial charge in [-0.3, -0.25) is 0 Å². The summed E-state index contributed by atoms with van der Waals surface area (Å²) in [5.74, 6) is 0.233. The first-order chi connectivity index (χ1) is 4.81. The third kappa shape index (κ3) is 5.69. The maximum absolute atomic E-state index is 10.6. The minimum absolute atomic E-state index is 0.322. The van der Waals surface area contributed by atoms with Crippen LogP contribution >= 0.6 is 12.6 Å². The fourth-order valence-corrected chi connectivity index (χ4v) is 0.475. The van der Waals surface area contributed by atoms with E-state index in [0.717, 1.165) is 0 Å². The molecule has 0 rings (SSSR count). The van der Waals surface area contributed by atoms with E-state index in [4.69, 9.17) is 0 Å². The molecule has 0 amide bonds. The Morgan fingerprint density at radius 2 is 2.40 bits per heavy atom.